The number of nitrogens with zero attached hydrogens (tertiary/aromatic N) is 1. The molecule has 7 heteroatoms. The summed E-state index contributed by atoms with van der Waals surface area (Å²) in [5.74, 6) is -1.51. The van der Waals surface area contributed by atoms with Crippen LogP contribution >= 0.6 is 0 Å². The van der Waals surface area contributed by atoms with Gasteiger partial charge in [0, 0.05) is 6.54 Å². The third kappa shape index (κ3) is 3.40. The van der Waals surface area contributed by atoms with Gasteiger partial charge in [0.25, 0.3) is 0 Å². The topological polar surface area (TPSA) is 95.9 Å². The minimum atomic E-state index is -1.15. The van der Waals surface area contributed by atoms with Crippen LogP contribution in [-0.4, -0.2) is 53.2 Å². The Balaban J connectivity index is 2.70. The lowest BCUT2D eigenvalue weighted by molar-refractivity contribution is -0.148. The maximum atomic E-state index is 12.1. The second-order valence-electron chi connectivity index (χ2n) is 4.81. The first-order valence-electron chi connectivity index (χ1n) is 6.92. The monoisotopic (exact) mass is 286 g/mol. The maximum absolute atomic E-state index is 12.1. The predicted molar refractivity (Wildman–Crippen MR) is 71.2 cm³/mol. The number of likely N-dealkylation sites (tertiary alicyclic amines) is 1. The summed E-state index contributed by atoms with van der Waals surface area (Å²) in [7, 11) is 0. The number of aliphatic carboxylic acids is 1. The lowest BCUT2D eigenvalue weighted by Gasteiger charge is -2.34. The summed E-state index contributed by atoms with van der Waals surface area (Å²) in [5.41, 5.74) is -1.15. The summed E-state index contributed by atoms with van der Waals surface area (Å²) in [5, 5.41) is 11.9. The molecular formula is C13H22N2O5. The molecule has 0 spiro atoms. The van der Waals surface area contributed by atoms with Crippen LogP contribution in [0.1, 0.15) is 39.5 Å². The Morgan fingerprint density at radius 2 is 2.05 bits per heavy atom. The van der Waals surface area contributed by atoms with Gasteiger partial charge in [-0.05, 0) is 26.2 Å². The van der Waals surface area contributed by atoms with E-state index in [1.54, 1.807) is 6.92 Å². The molecule has 1 rings (SSSR count). The number of urea groups is 1. The van der Waals surface area contributed by atoms with Crippen LogP contribution in [0.25, 0.3) is 0 Å². The molecule has 2 amide bonds. The molecule has 1 aliphatic rings. The quantitative estimate of drug-likeness (QED) is 0.709. The molecule has 1 saturated heterocycles. The molecule has 7 nitrogen and oxygen atoms in total. The van der Waals surface area contributed by atoms with Crippen LogP contribution in [0.3, 0.4) is 0 Å². The Morgan fingerprint density at radius 1 is 1.35 bits per heavy atom. The zero-order chi connectivity index (χ0) is 15.2. The van der Waals surface area contributed by atoms with Gasteiger partial charge in [-0.1, -0.05) is 13.3 Å². The molecule has 1 heterocycles. The van der Waals surface area contributed by atoms with Crippen LogP contribution in [0.4, 0.5) is 4.79 Å². The van der Waals surface area contributed by atoms with Crippen LogP contribution in [0.15, 0.2) is 0 Å². The van der Waals surface area contributed by atoms with Crippen LogP contribution in [0.2, 0.25) is 0 Å². The molecule has 1 unspecified atom stereocenters. The van der Waals surface area contributed by atoms with Gasteiger partial charge in [0.15, 0.2) is 0 Å². The summed E-state index contributed by atoms with van der Waals surface area (Å²) in [4.78, 5) is 36.2. The van der Waals surface area contributed by atoms with Gasteiger partial charge in [-0.3, -0.25) is 4.79 Å². The van der Waals surface area contributed by atoms with E-state index in [9.17, 15) is 19.5 Å². The van der Waals surface area contributed by atoms with Crippen LogP contribution in [0, 0.1) is 0 Å². The van der Waals surface area contributed by atoms with Gasteiger partial charge in [0.05, 0.1) is 6.61 Å². The van der Waals surface area contributed by atoms with Crippen molar-refractivity contribution in [3.05, 3.63) is 0 Å². The maximum Gasteiger partial charge on any atom is 0.329 e. The summed E-state index contributed by atoms with van der Waals surface area (Å²) in [6.07, 6.45) is 2.19. The highest BCUT2D eigenvalue weighted by atomic mass is 16.5. The van der Waals surface area contributed by atoms with E-state index in [1.807, 2.05) is 6.92 Å². The van der Waals surface area contributed by atoms with E-state index in [4.69, 9.17) is 4.74 Å². The van der Waals surface area contributed by atoms with Gasteiger partial charge in [0.2, 0.25) is 0 Å². The lowest BCUT2D eigenvalue weighted by atomic mass is 9.91. The number of hydrogen-bond donors (Lipinski definition) is 2. The molecule has 114 valence electrons. The largest absolute Gasteiger partial charge is 0.479 e. The number of ether oxygens (including phenoxy) is 1. The minimum Gasteiger partial charge on any atom is -0.479 e. The van der Waals surface area contributed by atoms with Gasteiger partial charge >= 0.3 is 18.0 Å². The minimum absolute atomic E-state index is 0.243. The summed E-state index contributed by atoms with van der Waals surface area (Å²) >= 11 is 0. The molecule has 0 aromatic heterocycles. The van der Waals surface area contributed by atoms with E-state index in [0.29, 0.717) is 32.2 Å². The van der Waals surface area contributed by atoms with Crippen molar-refractivity contribution in [2.24, 2.45) is 0 Å². The third-order valence-electron chi connectivity index (χ3n) is 3.48. The number of nitrogens with one attached hydrogen (secondary N) is 1. The zero-order valence-corrected chi connectivity index (χ0v) is 12.0. The number of esters is 1. The second kappa shape index (κ2) is 7.12. The van der Waals surface area contributed by atoms with Crippen molar-refractivity contribution in [1.29, 1.82) is 0 Å². The first-order chi connectivity index (χ1) is 9.47. The molecule has 2 N–H and O–H groups in total. The first-order valence-corrected chi connectivity index (χ1v) is 6.92. The normalized spacial score (nSPS) is 21.6. The highest BCUT2D eigenvalue weighted by Crippen LogP contribution is 2.33. The number of carbonyl (C=O) groups excluding carboxylic acids is 2. The van der Waals surface area contributed by atoms with Crippen molar-refractivity contribution < 1.29 is 24.2 Å². The zero-order valence-electron chi connectivity index (χ0n) is 12.0. The fraction of sp³-hybridized carbons (Fsp3) is 0.769. The Bertz CT molecular complexity index is 385. The Morgan fingerprint density at radius 3 is 2.60 bits per heavy atom. The lowest BCUT2D eigenvalue weighted by Crippen LogP contribution is -2.56. The number of hydrogen-bond acceptors (Lipinski definition) is 4. The number of carboxylic acid groups (broad SMARTS) is 1. The van der Waals surface area contributed by atoms with Gasteiger partial charge in [-0.15, -0.1) is 0 Å². The van der Waals surface area contributed by atoms with Crippen LogP contribution < -0.4 is 5.32 Å². The van der Waals surface area contributed by atoms with Crippen molar-refractivity contribution in [3.8, 4) is 0 Å². The van der Waals surface area contributed by atoms with Crippen LogP contribution in [-0.2, 0) is 14.3 Å². The van der Waals surface area contributed by atoms with Crippen molar-refractivity contribution >= 4 is 18.0 Å². The van der Waals surface area contributed by atoms with Gasteiger partial charge in [0.1, 0.15) is 12.1 Å². The number of rotatable bonds is 6. The molecule has 0 aromatic rings. The van der Waals surface area contributed by atoms with E-state index in [2.05, 4.69) is 5.32 Å². The average molecular weight is 286 g/mol. The fourth-order valence-corrected chi connectivity index (χ4v) is 2.63. The Hall–Kier alpha value is -1.79. The average Bonchev–Trinajstić information content (AvgIpc) is 2.82. The van der Waals surface area contributed by atoms with E-state index in [1.165, 1.54) is 4.90 Å². The predicted octanol–water partition coefficient (Wildman–Crippen LogP) is 0.978. The second-order valence-corrected chi connectivity index (χ2v) is 4.81. The van der Waals surface area contributed by atoms with Gasteiger partial charge < -0.3 is 20.1 Å². The SMILES string of the molecule is CCCC1(C(=O)O)CCCN1C(=O)NCC(=O)OCC. The fourth-order valence-electron chi connectivity index (χ4n) is 2.63. The number of carboxylic acids is 1. The standard InChI is InChI=1S/C13H22N2O5/c1-3-6-13(11(17)18)7-5-8-15(13)12(19)14-9-10(16)20-4-2/h3-9H2,1-2H3,(H,14,19)(H,17,18). The summed E-state index contributed by atoms with van der Waals surface area (Å²) in [6, 6.07) is -0.522. The molecule has 0 bridgehead atoms. The Kier molecular flexibility index (Phi) is 5.79. The molecular weight excluding hydrogens is 264 g/mol. The van der Waals surface area contributed by atoms with E-state index in [0.717, 1.165) is 0 Å². The van der Waals surface area contributed by atoms with Gasteiger partial charge in [-0.25, -0.2) is 9.59 Å². The first kappa shape index (κ1) is 16.3. The van der Waals surface area contributed by atoms with E-state index < -0.39 is 23.5 Å². The van der Waals surface area contributed by atoms with Crippen molar-refractivity contribution in [3.63, 3.8) is 0 Å². The van der Waals surface area contributed by atoms with Crippen molar-refractivity contribution in [2.75, 3.05) is 19.7 Å². The van der Waals surface area contributed by atoms with E-state index in [-0.39, 0.29) is 13.2 Å². The molecule has 0 aliphatic carbocycles. The molecule has 0 radical (unpaired) electrons. The molecule has 0 saturated carbocycles. The number of carbonyl (C=O) groups is 3. The number of amides is 2. The smallest absolute Gasteiger partial charge is 0.329 e. The van der Waals surface area contributed by atoms with Crippen molar-refractivity contribution in [2.45, 2.75) is 45.1 Å². The highest BCUT2D eigenvalue weighted by molar-refractivity contribution is 5.88. The molecule has 0 aromatic carbocycles. The molecule has 1 aliphatic heterocycles. The third-order valence-corrected chi connectivity index (χ3v) is 3.48. The van der Waals surface area contributed by atoms with Gasteiger partial charge in [-0.2, -0.15) is 0 Å². The Labute approximate surface area is 118 Å². The molecule has 1 atom stereocenters. The highest BCUT2D eigenvalue weighted by Gasteiger charge is 2.49. The molecule has 1 fully saturated rings. The van der Waals surface area contributed by atoms with Crippen LogP contribution in [0.5, 0.6) is 0 Å². The van der Waals surface area contributed by atoms with E-state index >= 15 is 0 Å². The van der Waals surface area contributed by atoms with Crippen molar-refractivity contribution in [1.82, 2.24) is 10.2 Å². The summed E-state index contributed by atoms with van der Waals surface area (Å²) < 4.78 is 4.71. The summed E-state index contributed by atoms with van der Waals surface area (Å²) in [6.45, 7) is 3.95. The molecule has 20 heavy (non-hydrogen) atoms.